The summed E-state index contributed by atoms with van der Waals surface area (Å²) in [5.41, 5.74) is 0.664. The first-order valence-electron chi connectivity index (χ1n) is 8.25. The number of nitrogens with one attached hydrogen (secondary N) is 1. The van der Waals surface area contributed by atoms with E-state index < -0.39 is 16.8 Å². The summed E-state index contributed by atoms with van der Waals surface area (Å²) < 4.78 is 5.00. The van der Waals surface area contributed by atoms with Crippen molar-refractivity contribution >= 4 is 34.0 Å². The number of nitro benzene ring substituents is 1. The summed E-state index contributed by atoms with van der Waals surface area (Å²) in [6.45, 7) is 1.77. The predicted octanol–water partition coefficient (Wildman–Crippen LogP) is 3.99. The van der Waals surface area contributed by atoms with Crippen LogP contribution in [0.3, 0.4) is 0 Å². The lowest BCUT2D eigenvalue weighted by molar-refractivity contribution is -0.385. The highest BCUT2D eigenvalue weighted by Crippen LogP contribution is 2.36. The van der Waals surface area contributed by atoms with Crippen LogP contribution in [0.1, 0.15) is 25.6 Å². The zero-order chi connectivity index (χ0) is 21.1. The van der Waals surface area contributed by atoms with Crippen LogP contribution in [0, 0.1) is 17.0 Å². The van der Waals surface area contributed by atoms with Gasteiger partial charge in [-0.3, -0.25) is 20.2 Å². The third-order valence-corrected chi connectivity index (χ3v) is 4.95. The lowest BCUT2D eigenvalue weighted by Gasteiger charge is -2.05. The van der Waals surface area contributed by atoms with Gasteiger partial charge in [-0.2, -0.15) is 0 Å². The van der Waals surface area contributed by atoms with Crippen molar-refractivity contribution < 1.29 is 24.4 Å². The number of nitrogens with zero attached hydrogens (tertiary/aromatic N) is 2. The molecule has 1 amide bonds. The maximum absolute atomic E-state index is 12.5. The number of benzene rings is 2. The topological polar surface area (TPSA) is 132 Å². The first-order chi connectivity index (χ1) is 13.8. The van der Waals surface area contributed by atoms with Crippen LogP contribution in [0.15, 0.2) is 42.5 Å². The van der Waals surface area contributed by atoms with Crippen LogP contribution in [0.25, 0.3) is 11.3 Å². The average Bonchev–Trinajstić information content (AvgIpc) is 3.07. The van der Waals surface area contributed by atoms with E-state index in [-0.39, 0.29) is 27.7 Å². The summed E-state index contributed by atoms with van der Waals surface area (Å²) in [5, 5.41) is 23.3. The number of carboxylic acids is 1. The second kappa shape index (κ2) is 8.07. The Hall–Kier alpha value is -3.79. The quantitative estimate of drug-likeness (QED) is 0.461. The predicted molar refractivity (Wildman–Crippen MR) is 107 cm³/mol. The maximum atomic E-state index is 12.5. The fourth-order valence-electron chi connectivity index (χ4n) is 2.73. The summed E-state index contributed by atoms with van der Waals surface area (Å²) in [6, 6.07) is 10.3. The normalized spacial score (nSPS) is 10.4. The highest BCUT2D eigenvalue weighted by molar-refractivity contribution is 7.16. The van der Waals surface area contributed by atoms with E-state index in [1.807, 2.05) is 0 Å². The molecule has 9 nitrogen and oxygen atoms in total. The van der Waals surface area contributed by atoms with Crippen LogP contribution < -0.4 is 10.1 Å². The van der Waals surface area contributed by atoms with Gasteiger partial charge in [0.2, 0.25) is 0 Å². The van der Waals surface area contributed by atoms with Crippen LogP contribution in [0.2, 0.25) is 0 Å². The van der Waals surface area contributed by atoms with E-state index in [1.165, 1.54) is 48.8 Å². The van der Waals surface area contributed by atoms with Gasteiger partial charge in [-0.1, -0.05) is 12.1 Å². The van der Waals surface area contributed by atoms with E-state index >= 15 is 0 Å². The lowest BCUT2D eigenvalue weighted by Crippen LogP contribution is -2.16. The number of rotatable bonds is 6. The Morgan fingerprint density at radius 3 is 2.52 bits per heavy atom. The number of carbonyl (C=O) groups is 2. The van der Waals surface area contributed by atoms with Crippen LogP contribution in [-0.2, 0) is 0 Å². The molecule has 1 heterocycles. The molecule has 3 rings (SSSR count). The molecule has 3 aromatic rings. The van der Waals surface area contributed by atoms with Crippen molar-refractivity contribution in [3.63, 3.8) is 0 Å². The minimum atomic E-state index is -1.21. The molecule has 148 valence electrons. The van der Waals surface area contributed by atoms with Gasteiger partial charge in [0, 0.05) is 16.5 Å². The zero-order valence-electron chi connectivity index (χ0n) is 15.3. The van der Waals surface area contributed by atoms with E-state index in [0.717, 1.165) is 4.88 Å². The zero-order valence-corrected chi connectivity index (χ0v) is 16.1. The first-order valence-corrected chi connectivity index (χ1v) is 9.07. The van der Waals surface area contributed by atoms with Crippen molar-refractivity contribution in [1.82, 2.24) is 4.98 Å². The van der Waals surface area contributed by atoms with Crippen molar-refractivity contribution in [1.29, 1.82) is 0 Å². The van der Waals surface area contributed by atoms with Crippen LogP contribution >= 0.6 is 11.3 Å². The van der Waals surface area contributed by atoms with Gasteiger partial charge >= 0.3 is 11.7 Å². The average molecular weight is 413 g/mol. The van der Waals surface area contributed by atoms with E-state index in [4.69, 9.17) is 4.74 Å². The number of nitro groups is 1. The molecule has 0 unspecified atom stereocenters. The molecule has 2 aromatic carbocycles. The largest absolute Gasteiger partial charge is 0.490 e. The van der Waals surface area contributed by atoms with Crippen molar-refractivity contribution in [3.05, 3.63) is 68.6 Å². The lowest BCUT2D eigenvalue weighted by atomic mass is 10.1. The van der Waals surface area contributed by atoms with Crippen molar-refractivity contribution in [3.8, 4) is 17.0 Å². The summed E-state index contributed by atoms with van der Waals surface area (Å²) in [6.07, 6.45) is 0. The van der Waals surface area contributed by atoms with Crippen LogP contribution in [0.5, 0.6) is 5.75 Å². The number of anilines is 1. The van der Waals surface area contributed by atoms with Gasteiger partial charge in [0.15, 0.2) is 10.9 Å². The van der Waals surface area contributed by atoms with Gasteiger partial charge in [-0.25, -0.2) is 9.78 Å². The molecule has 10 heteroatoms. The number of hydrogen-bond acceptors (Lipinski definition) is 7. The Labute approximate surface area is 168 Å². The highest BCUT2D eigenvalue weighted by atomic mass is 32.1. The molecule has 2 N–H and O–H groups in total. The number of carbonyl (C=O) groups excluding carboxylic acids is 1. The van der Waals surface area contributed by atoms with Crippen molar-refractivity contribution in [2.75, 3.05) is 12.4 Å². The number of aromatic carboxylic acids is 1. The number of ether oxygens (including phenoxy) is 1. The molecule has 0 aliphatic heterocycles. The molecular weight excluding hydrogens is 398 g/mol. The fourth-order valence-corrected chi connectivity index (χ4v) is 3.56. The molecule has 0 atom stereocenters. The van der Waals surface area contributed by atoms with E-state index in [0.29, 0.717) is 11.3 Å². The minimum Gasteiger partial charge on any atom is -0.490 e. The summed E-state index contributed by atoms with van der Waals surface area (Å²) >= 11 is 1.18. The molecule has 0 aliphatic rings. The number of thiazole rings is 1. The number of carboxylic acid groups (broad SMARTS) is 1. The van der Waals surface area contributed by atoms with Gasteiger partial charge < -0.3 is 9.84 Å². The number of aromatic nitrogens is 1. The number of hydrogen-bond donors (Lipinski definition) is 2. The molecule has 0 spiro atoms. The molecule has 0 saturated heterocycles. The number of amides is 1. The molecule has 0 saturated carbocycles. The SMILES string of the molecule is COc1ccc(-c2nc(NC(=O)c3ccccc3C(=O)O)sc2C)cc1[N+](=O)[O-]. The number of aryl methyl sites for hydroxylation is 1. The van der Waals surface area contributed by atoms with Crippen LogP contribution in [0.4, 0.5) is 10.8 Å². The van der Waals surface area contributed by atoms with E-state index in [9.17, 15) is 24.8 Å². The maximum Gasteiger partial charge on any atom is 0.336 e. The Bertz CT molecular complexity index is 1120. The molecule has 0 aliphatic carbocycles. The number of methoxy groups -OCH3 is 1. The van der Waals surface area contributed by atoms with Gasteiger partial charge in [0.1, 0.15) is 0 Å². The Balaban J connectivity index is 1.92. The third kappa shape index (κ3) is 4.06. The molecule has 1 aromatic heterocycles. The fraction of sp³-hybridized carbons (Fsp3) is 0.105. The molecule has 0 radical (unpaired) electrons. The smallest absolute Gasteiger partial charge is 0.336 e. The van der Waals surface area contributed by atoms with Gasteiger partial charge in [0.25, 0.3) is 5.91 Å². The monoisotopic (exact) mass is 413 g/mol. The molecule has 0 bridgehead atoms. The van der Waals surface area contributed by atoms with Gasteiger partial charge in [-0.15, -0.1) is 11.3 Å². The minimum absolute atomic E-state index is 0.00879. The molecular formula is C19H15N3O6S. The summed E-state index contributed by atoms with van der Waals surface area (Å²) in [5.74, 6) is -1.69. The molecule has 29 heavy (non-hydrogen) atoms. The van der Waals surface area contributed by atoms with Gasteiger partial charge in [-0.05, 0) is 31.2 Å². The summed E-state index contributed by atoms with van der Waals surface area (Å²) in [4.78, 5) is 39.6. The second-order valence-electron chi connectivity index (χ2n) is 5.87. The van der Waals surface area contributed by atoms with Gasteiger partial charge in [0.05, 0.1) is 28.9 Å². The van der Waals surface area contributed by atoms with Crippen LogP contribution in [-0.4, -0.2) is 34.0 Å². The van der Waals surface area contributed by atoms with E-state index in [1.54, 1.807) is 19.1 Å². The second-order valence-corrected chi connectivity index (χ2v) is 7.08. The van der Waals surface area contributed by atoms with Crippen molar-refractivity contribution in [2.45, 2.75) is 6.92 Å². The highest BCUT2D eigenvalue weighted by Gasteiger charge is 2.20. The Morgan fingerprint density at radius 2 is 1.90 bits per heavy atom. The Morgan fingerprint density at radius 1 is 1.21 bits per heavy atom. The summed E-state index contributed by atoms with van der Waals surface area (Å²) in [7, 11) is 1.35. The first kappa shape index (κ1) is 20.0. The third-order valence-electron chi connectivity index (χ3n) is 4.07. The Kier molecular flexibility index (Phi) is 5.55. The molecule has 0 fully saturated rings. The van der Waals surface area contributed by atoms with E-state index in [2.05, 4.69) is 10.3 Å². The standard InChI is InChI=1S/C19H15N3O6S/c1-10-16(11-7-8-15(28-2)14(9-11)22(26)27)20-19(29-10)21-17(23)12-5-3-4-6-13(12)18(24)25/h3-9H,1-2H3,(H,24,25)(H,20,21,23). The van der Waals surface area contributed by atoms with Crippen molar-refractivity contribution in [2.24, 2.45) is 0 Å².